The van der Waals surface area contributed by atoms with Gasteiger partial charge < -0.3 is 4.90 Å². The number of hydrogen-bond donors (Lipinski definition) is 1. The Bertz CT molecular complexity index is 526. The molecule has 0 atom stereocenters. The average molecular weight is 270 g/mol. The number of urea groups is 1. The van der Waals surface area contributed by atoms with E-state index in [0.29, 0.717) is 6.54 Å². The molecule has 6 heteroatoms. The molecule has 0 spiro atoms. The predicted octanol–water partition coefficient (Wildman–Crippen LogP) is 1.35. The fraction of sp³-hybridized carbons (Fsp3) is 0.417. The van der Waals surface area contributed by atoms with E-state index in [2.05, 4.69) is 0 Å². The Balaban J connectivity index is 2.75. The summed E-state index contributed by atoms with van der Waals surface area (Å²) < 4.78 is 23.9. The van der Waals surface area contributed by atoms with Crippen molar-refractivity contribution in [3.05, 3.63) is 35.4 Å². The lowest BCUT2D eigenvalue weighted by Crippen LogP contribution is -2.39. The third-order valence-electron chi connectivity index (χ3n) is 2.53. The van der Waals surface area contributed by atoms with Gasteiger partial charge in [0.15, 0.2) is 0 Å². The first-order valence-corrected chi connectivity index (χ1v) is 7.52. The molecule has 0 bridgehead atoms. The molecule has 0 fully saturated rings. The molecule has 0 saturated carbocycles. The van der Waals surface area contributed by atoms with Gasteiger partial charge in [-0.05, 0) is 17.5 Å². The maximum absolute atomic E-state index is 11.6. The van der Waals surface area contributed by atoms with Crippen LogP contribution in [0.3, 0.4) is 0 Å². The summed E-state index contributed by atoms with van der Waals surface area (Å²) in [7, 11) is -1.96. The lowest BCUT2D eigenvalue weighted by molar-refractivity contribution is 0.213. The molecule has 1 aromatic carbocycles. The molecule has 0 aliphatic carbocycles. The summed E-state index contributed by atoms with van der Waals surface area (Å²) in [5, 5.41) is 0. The van der Waals surface area contributed by atoms with Crippen LogP contribution in [0.4, 0.5) is 4.79 Å². The van der Waals surface area contributed by atoms with Crippen LogP contribution in [0, 0.1) is 0 Å². The highest BCUT2D eigenvalue weighted by Crippen LogP contribution is 2.11. The molecule has 2 amide bonds. The molecule has 0 aliphatic heterocycles. The molecule has 1 rings (SSSR count). The fourth-order valence-electron chi connectivity index (χ4n) is 1.62. The van der Waals surface area contributed by atoms with E-state index in [1.54, 1.807) is 7.05 Å². The maximum Gasteiger partial charge on any atom is 0.331 e. The summed E-state index contributed by atoms with van der Waals surface area (Å²) in [5.74, 6) is 0. The van der Waals surface area contributed by atoms with Crippen LogP contribution in [0.2, 0.25) is 0 Å². The first-order chi connectivity index (χ1) is 8.33. The molecule has 0 unspecified atom stereocenters. The zero-order valence-electron chi connectivity index (χ0n) is 10.8. The van der Waals surface area contributed by atoms with Crippen LogP contribution in [0.5, 0.6) is 0 Å². The van der Waals surface area contributed by atoms with Crippen LogP contribution in [-0.4, -0.2) is 32.7 Å². The molecule has 0 aliphatic rings. The van der Waals surface area contributed by atoms with Gasteiger partial charge in [0.2, 0.25) is 10.0 Å². The van der Waals surface area contributed by atoms with Gasteiger partial charge in [0.25, 0.3) is 0 Å². The van der Waals surface area contributed by atoms with Gasteiger partial charge in [-0.1, -0.05) is 31.2 Å². The monoisotopic (exact) mass is 270 g/mol. The molecule has 5 nitrogen and oxygen atoms in total. The Kier molecular flexibility index (Phi) is 4.72. The molecule has 0 heterocycles. The number of benzene rings is 1. The predicted molar refractivity (Wildman–Crippen MR) is 70.7 cm³/mol. The van der Waals surface area contributed by atoms with Crippen molar-refractivity contribution in [3.63, 3.8) is 0 Å². The number of rotatable bonds is 4. The maximum atomic E-state index is 11.6. The van der Waals surface area contributed by atoms with Crippen LogP contribution < -0.4 is 4.72 Å². The van der Waals surface area contributed by atoms with Crippen molar-refractivity contribution in [2.75, 3.05) is 13.3 Å². The van der Waals surface area contributed by atoms with Crippen molar-refractivity contribution in [2.24, 2.45) is 0 Å². The van der Waals surface area contributed by atoms with Crippen LogP contribution >= 0.6 is 0 Å². The standard InChI is InChI=1S/C12H18N2O3S/c1-4-10-7-5-6-8-11(10)9-14(2)12(15)13-18(3,16)17/h5-8H,4,9H2,1-3H3,(H,13,15). The van der Waals surface area contributed by atoms with E-state index < -0.39 is 16.1 Å². The highest BCUT2D eigenvalue weighted by atomic mass is 32.2. The van der Waals surface area contributed by atoms with Gasteiger partial charge in [0.1, 0.15) is 0 Å². The highest BCUT2D eigenvalue weighted by Gasteiger charge is 2.14. The van der Waals surface area contributed by atoms with E-state index in [-0.39, 0.29) is 0 Å². The van der Waals surface area contributed by atoms with Gasteiger partial charge in [0.05, 0.1) is 6.26 Å². The van der Waals surface area contributed by atoms with E-state index in [1.165, 1.54) is 4.90 Å². The Labute approximate surface area is 108 Å². The topological polar surface area (TPSA) is 66.5 Å². The molecular weight excluding hydrogens is 252 g/mol. The first kappa shape index (κ1) is 14.5. The summed E-state index contributed by atoms with van der Waals surface area (Å²) >= 11 is 0. The summed E-state index contributed by atoms with van der Waals surface area (Å²) in [6, 6.07) is 7.15. The fourth-order valence-corrected chi connectivity index (χ4v) is 2.09. The van der Waals surface area contributed by atoms with Gasteiger partial charge in [0, 0.05) is 13.6 Å². The summed E-state index contributed by atoms with van der Waals surface area (Å²) in [5.41, 5.74) is 2.17. The van der Waals surface area contributed by atoms with E-state index in [9.17, 15) is 13.2 Å². The lowest BCUT2D eigenvalue weighted by Gasteiger charge is -2.18. The van der Waals surface area contributed by atoms with Crippen LogP contribution in [0.25, 0.3) is 0 Å². The molecule has 0 saturated heterocycles. The third-order valence-corrected chi connectivity index (χ3v) is 3.07. The van der Waals surface area contributed by atoms with Crippen molar-refractivity contribution in [1.82, 2.24) is 9.62 Å². The van der Waals surface area contributed by atoms with Crippen molar-refractivity contribution >= 4 is 16.1 Å². The van der Waals surface area contributed by atoms with Gasteiger partial charge in [-0.15, -0.1) is 0 Å². The van der Waals surface area contributed by atoms with Gasteiger partial charge >= 0.3 is 6.03 Å². The number of nitrogens with one attached hydrogen (secondary N) is 1. The van der Waals surface area contributed by atoms with Crippen molar-refractivity contribution < 1.29 is 13.2 Å². The van der Waals surface area contributed by atoms with E-state index in [0.717, 1.165) is 23.8 Å². The second-order valence-corrected chi connectivity index (χ2v) is 5.91. The van der Waals surface area contributed by atoms with Gasteiger partial charge in [-0.25, -0.2) is 17.9 Å². The summed E-state index contributed by atoms with van der Waals surface area (Å²) in [6.07, 6.45) is 1.83. The summed E-state index contributed by atoms with van der Waals surface area (Å²) in [4.78, 5) is 12.9. The number of nitrogens with zero attached hydrogens (tertiary/aromatic N) is 1. The molecule has 18 heavy (non-hydrogen) atoms. The third kappa shape index (κ3) is 4.37. The normalized spacial score (nSPS) is 11.1. The minimum Gasteiger partial charge on any atom is -0.323 e. The lowest BCUT2D eigenvalue weighted by atomic mass is 10.1. The molecule has 1 N–H and O–H groups in total. The molecular formula is C12H18N2O3S. The Morgan fingerprint density at radius 2 is 1.83 bits per heavy atom. The van der Waals surface area contributed by atoms with E-state index >= 15 is 0 Å². The first-order valence-electron chi connectivity index (χ1n) is 5.63. The number of carbonyl (C=O) groups is 1. The van der Waals surface area contributed by atoms with Crippen molar-refractivity contribution in [1.29, 1.82) is 0 Å². The quantitative estimate of drug-likeness (QED) is 0.898. The smallest absolute Gasteiger partial charge is 0.323 e. The zero-order valence-corrected chi connectivity index (χ0v) is 11.6. The largest absolute Gasteiger partial charge is 0.331 e. The van der Waals surface area contributed by atoms with Gasteiger partial charge in [-0.3, -0.25) is 0 Å². The second kappa shape index (κ2) is 5.86. The molecule has 100 valence electrons. The zero-order chi connectivity index (χ0) is 13.8. The number of sulfonamides is 1. The second-order valence-electron chi connectivity index (χ2n) is 4.16. The van der Waals surface area contributed by atoms with E-state index in [1.807, 2.05) is 35.9 Å². The number of amides is 2. The molecule has 0 radical (unpaired) electrons. The van der Waals surface area contributed by atoms with Crippen LogP contribution in [0.15, 0.2) is 24.3 Å². The Morgan fingerprint density at radius 3 is 2.33 bits per heavy atom. The number of hydrogen-bond acceptors (Lipinski definition) is 3. The summed E-state index contributed by atoms with van der Waals surface area (Å²) in [6.45, 7) is 2.42. The van der Waals surface area contributed by atoms with Crippen molar-refractivity contribution in [3.8, 4) is 0 Å². The minimum atomic E-state index is -3.52. The van der Waals surface area contributed by atoms with Gasteiger partial charge in [-0.2, -0.15) is 0 Å². The van der Waals surface area contributed by atoms with Crippen LogP contribution in [-0.2, 0) is 23.0 Å². The minimum absolute atomic E-state index is 0.380. The van der Waals surface area contributed by atoms with Crippen LogP contribution in [0.1, 0.15) is 18.1 Å². The Hall–Kier alpha value is -1.56. The van der Waals surface area contributed by atoms with E-state index in [4.69, 9.17) is 0 Å². The Morgan fingerprint density at radius 1 is 1.28 bits per heavy atom. The number of carbonyl (C=O) groups excluding carboxylic acids is 1. The van der Waals surface area contributed by atoms with Crippen molar-refractivity contribution in [2.45, 2.75) is 19.9 Å². The number of aryl methyl sites for hydroxylation is 1. The SMILES string of the molecule is CCc1ccccc1CN(C)C(=O)NS(C)(=O)=O. The molecule has 1 aromatic rings. The highest BCUT2D eigenvalue weighted by molar-refractivity contribution is 7.89. The molecule has 0 aromatic heterocycles. The average Bonchev–Trinajstić information content (AvgIpc) is 2.27.